The molecule has 0 aliphatic rings. The van der Waals surface area contributed by atoms with E-state index >= 15 is 0 Å². The van der Waals surface area contributed by atoms with Crippen molar-refractivity contribution in [2.45, 2.75) is 33.6 Å². The van der Waals surface area contributed by atoms with Crippen LogP contribution >= 0.6 is 23.4 Å². The van der Waals surface area contributed by atoms with Crippen LogP contribution in [0, 0.1) is 5.92 Å². The normalized spacial score (nSPS) is 13.4. The van der Waals surface area contributed by atoms with Gasteiger partial charge in [-0.2, -0.15) is 11.8 Å². The molecule has 1 atom stereocenters. The van der Waals surface area contributed by atoms with Gasteiger partial charge in [0.1, 0.15) is 0 Å². The van der Waals surface area contributed by atoms with Crippen LogP contribution in [0.5, 0.6) is 0 Å². The van der Waals surface area contributed by atoms with Gasteiger partial charge in [0.2, 0.25) is 0 Å². The summed E-state index contributed by atoms with van der Waals surface area (Å²) in [5.74, 6) is 4.17. The lowest BCUT2D eigenvalue weighted by molar-refractivity contribution is 0.324. The Morgan fingerprint density at radius 1 is 1.13 bits per heavy atom. The molecule has 0 rings (SSSR count). The third kappa shape index (κ3) is 9.52. The Bertz CT molecular complexity index is 129. The average Bonchev–Trinajstić information content (AvgIpc) is 2.24. The highest BCUT2D eigenvalue weighted by molar-refractivity contribution is 7.99. The third-order valence-corrected chi connectivity index (χ3v) is 4.02. The van der Waals surface area contributed by atoms with Crippen LogP contribution in [-0.2, 0) is 0 Å². The minimum absolute atomic E-state index is 0.795. The van der Waals surface area contributed by atoms with Crippen molar-refractivity contribution in [1.29, 1.82) is 0 Å². The van der Waals surface area contributed by atoms with E-state index in [-0.39, 0.29) is 0 Å². The van der Waals surface area contributed by atoms with E-state index < -0.39 is 0 Å². The Morgan fingerprint density at radius 3 is 2.33 bits per heavy atom. The van der Waals surface area contributed by atoms with Crippen LogP contribution in [0.4, 0.5) is 0 Å². The summed E-state index contributed by atoms with van der Waals surface area (Å²) in [6, 6.07) is 0. The second-order valence-electron chi connectivity index (χ2n) is 4.01. The Labute approximate surface area is 105 Å². The second-order valence-corrected chi connectivity index (χ2v) is 5.61. The van der Waals surface area contributed by atoms with Gasteiger partial charge in [-0.3, -0.25) is 0 Å². The molecule has 3 heteroatoms. The van der Waals surface area contributed by atoms with Crippen molar-refractivity contribution in [1.82, 2.24) is 4.90 Å². The number of nitrogens with zero attached hydrogens (tertiary/aromatic N) is 1. The summed E-state index contributed by atoms with van der Waals surface area (Å²) >= 11 is 7.78. The number of thioether (sulfide) groups is 1. The van der Waals surface area contributed by atoms with Gasteiger partial charge in [-0.25, -0.2) is 0 Å². The monoisotopic (exact) mass is 251 g/mol. The molecule has 0 fully saturated rings. The first-order valence-electron chi connectivity index (χ1n) is 6.10. The fourth-order valence-corrected chi connectivity index (χ4v) is 2.98. The summed E-state index contributed by atoms with van der Waals surface area (Å²) in [5, 5.41) is 0. The van der Waals surface area contributed by atoms with Crippen LogP contribution in [0.2, 0.25) is 0 Å². The summed E-state index contributed by atoms with van der Waals surface area (Å²) in [5.41, 5.74) is 0. The minimum Gasteiger partial charge on any atom is -0.303 e. The predicted octanol–water partition coefficient (Wildman–Crippen LogP) is 3.72. The molecule has 0 aromatic carbocycles. The van der Waals surface area contributed by atoms with Gasteiger partial charge in [-0.1, -0.05) is 20.8 Å². The van der Waals surface area contributed by atoms with Crippen molar-refractivity contribution in [3.8, 4) is 0 Å². The number of rotatable bonds is 10. The summed E-state index contributed by atoms with van der Waals surface area (Å²) < 4.78 is 0. The van der Waals surface area contributed by atoms with E-state index in [2.05, 4.69) is 37.4 Å². The fourth-order valence-electron chi connectivity index (χ4n) is 1.45. The summed E-state index contributed by atoms with van der Waals surface area (Å²) in [6.45, 7) is 10.4. The first kappa shape index (κ1) is 15.6. The maximum absolute atomic E-state index is 5.70. The van der Waals surface area contributed by atoms with Crippen molar-refractivity contribution < 1.29 is 0 Å². The van der Waals surface area contributed by atoms with Crippen LogP contribution in [-0.4, -0.2) is 41.9 Å². The van der Waals surface area contributed by atoms with Crippen LogP contribution in [0.3, 0.4) is 0 Å². The van der Waals surface area contributed by atoms with E-state index in [1.807, 2.05) is 0 Å². The molecule has 0 amide bonds. The first-order chi connectivity index (χ1) is 7.24. The van der Waals surface area contributed by atoms with Gasteiger partial charge in [0.05, 0.1) is 0 Å². The maximum Gasteiger partial charge on any atom is 0.0225 e. The van der Waals surface area contributed by atoms with Crippen LogP contribution in [0.15, 0.2) is 0 Å². The van der Waals surface area contributed by atoms with E-state index in [0.29, 0.717) is 0 Å². The molecule has 0 N–H and O–H groups in total. The highest BCUT2D eigenvalue weighted by Crippen LogP contribution is 2.13. The highest BCUT2D eigenvalue weighted by atomic mass is 35.5. The van der Waals surface area contributed by atoms with Crippen molar-refractivity contribution in [2.24, 2.45) is 5.92 Å². The topological polar surface area (TPSA) is 3.24 Å². The number of alkyl halides is 1. The first-order valence-corrected chi connectivity index (χ1v) is 7.79. The fraction of sp³-hybridized carbons (Fsp3) is 1.00. The number of hydrogen-bond donors (Lipinski definition) is 0. The minimum atomic E-state index is 0.795. The van der Waals surface area contributed by atoms with E-state index in [0.717, 1.165) is 18.2 Å². The van der Waals surface area contributed by atoms with Crippen LogP contribution in [0.25, 0.3) is 0 Å². The molecule has 1 unspecified atom stereocenters. The SMILES string of the molecule is CCN(CC)CCSCCC(C)CCCl. The Balaban J connectivity index is 3.23. The molecule has 92 valence electrons. The van der Waals surface area contributed by atoms with Crippen molar-refractivity contribution in [3.63, 3.8) is 0 Å². The van der Waals surface area contributed by atoms with E-state index in [4.69, 9.17) is 11.6 Å². The van der Waals surface area contributed by atoms with Crippen molar-refractivity contribution in [3.05, 3.63) is 0 Å². The standard InChI is InChI=1S/C12H26ClNS/c1-4-14(5-2)9-11-15-10-7-12(3)6-8-13/h12H,4-11H2,1-3H3. The molecule has 0 aromatic heterocycles. The largest absolute Gasteiger partial charge is 0.303 e. The molecule has 0 spiro atoms. The van der Waals surface area contributed by atoms with Gasteiger partial charge in [0.25, 0.3) is 0 Å². The smallest absolute Gasteiger partial charge is 0.0225 e. The molecule has 1 nitrogen and oxygen atoms in total. The Kier molecular flexibility index (Phi) is 11.5. The lowest BCUT2D eigenvalue weighted by Crippen LogP contribution is -2.25. The zero-order valence-corrected chi connectivity index (χ0v) is 12.0. The molecule has 0 aliphatic carbocycles. The highest BCUT2D eigenvalue weighted by Gasteiger charge is 2.02. The zero-order chi connectivity index (χ0) is 11.5. The molecular weight excluding hydrogens is 226 g/mol. The zero-order valence-electron chi connectivity index (χ0n) is 10.5. The van der Waals surface area contributed by atoms with Gasteiger partial charge in [0.15, 0.2) is 0 Å². The molecule has 0 saturated heterocycles. The molecule has 0 aromatic rings. The van der Waals surface area contributed by atoms with Gasteiger partial charge in [-0.05, 0) is 37.6 Å². The lowest BCUT2D eigenvalue weighted by atomic mass is 10.1. The number of hydrogen-bond acceptors (Lipinski definition) is 2. The Hall–Kier alpha value is 0.600. The van der Waals surface area contributed by atoms with E-state index in [1.165, 1.54) is 37.6 Å². The molecule has 0 aliphatic heterocycles. The summed E-state index contributed by atoms with van der Waals surface area (Å²) in [6.07, 6.45) is 2.48. The van der Waals surface area contributed by atoms with Crippen molar-refractivity contribution >= 4 is 23.4 Å². The van der Waals surface area contributed by atoms with E-state index in [9.17, 15) is 0 Å². The second kappa shape index (κ2) is 11.1. The maximum atomic E-state index is 5.70. The summed E-state index contributed by atoms with van der Waals surface area (Å²) in [4.78, 5) is 2.48. The molecule has 0 bridgehead atoms. The number of halogens is 1. The van der Waals surface area contributed by atoms with Crippen LogP contribution in [0.1, 0.15) is 33.6 Å². The average molecular weight is 252 g/mol. The van der Waals surface area contributed by atoms with Crippen molar-refractivity contribution in [2.75, 3.05) is 37.0 Å². The van der Waals surface area contributed by atoms with Gasteiger partial charge in [-0.15, -0.1) is 11.6 Å². The van der Waals surface area contributed by atoms with Crippen LogP contribution < -0.4 is 0 Å². The third-order valence-electron chi connectivity index (χ3n) is 2.80. The molecule has 0 heterocycles. The lowest BCUT2D eigenvalue weighted by Gasteiger charge is -2.17. The predicted molar refractivity (Wildman–Crippen MR) is 74.2 cm³/mol. The molecule has 15 heavy (non-hydrogen) atoms. The van der Waals surface area contributed by atoms with E-state index in [1.54, 1.807) is 0 Å². The van der Waals surface area contributed by atoms with Gasteiger partial charge >= 0.3 is 0 Å². The van der Waals surface area contributed by atoms with Gasteiger partial charge < -0.3 is 4.90 Å². The molecular formula is C12H26ClNS. The Morgan fingerprint density at radius 2 is 1.80 bits per heavy atom. The quantitative estimate of drug-likeness (QED) is 0.430. The summed E-state index contributed by atoms with van der Waals surface area (Å²) in [7, 11) is 0. The molecule has 0 saturated carbocycles. The van der Waals surface area contributed by atoms with Gasteiger partial charge in [0, 0.05) is 18.2 Å². The molecule has 0 radical (unpaired) electrons.